The summed E-state index contributed by atoms with van der Waals surface area (Å²) < 4.78 is 0.457. The molecule has 0 aliphatic carbocycles. The third-order valence-electron chi connectivity index (χ3n) is 3.25. The maximum absolute atomic E-state index is 12.5. The van der Waals surface area contributed by atoms with Gasteiger partial charge in [-0.1, -0.05) is 36.1 Å². The van der Waals surface area contributed by atoms with Crippen molar-refractivity contribution in [1.82, 2.24) is 4.98 Å². The first-order valence-electron chi connectivity index (χ1n) is 6.76. The Kier molecular flexibility index (Phi) is 4.31. The number of carbonyl (C=O) groups excluding carboxylic acids is 1. The van der Waals surface area contributed by atoms with Gasteiger partial charge in [0.05, 0.1) is 17.0 Å². The number of thiocarbonyl (C=S) groups is 1. The number of aliphatic carboxylic acids is 1. The van der Waals surface area contributed by atoms with Gasteiger partial charge in [-0.15, -0.1) is 0 Å². The van der Waals surface area contributed by atoms with Gasteiger partial charge in [0.15, 0.2) is 4.32 Å². The Morgan fingerprint density at radius 3 is 2.65 bits per heavy atom. The Morgan fingerprint density at radius 2 is 2.04 bits per heavy atom. The second kappa shape index (κ2) is 6.39. The topological polar surface area (TPSA) is 73.4 Å². The predicted molar refractivity (Wildman–Crippen MR) is 94.2 cm³/mol. The molecule has 1 fully saturated rings. The first-order chi connectivity index (χ1) is 11.0. The Balaban J connectivity index is 1.84. The summed E-state index contributed by atoms with van der Waals surface area (Å²) in [7, 11) is 0. The van der Waals surface area contributed by atoms with Crippen LogP contribution in [-0.2, 0) is 16.0 Å². The van der Waals surface area contributed by atoms with Gasteiger partial charge in [0.1, 0.15) is 0 Å². The minimum Gasteiger partial charge on any atom is -0.481 e. The lowest BCUT2D eigenvalue weighted by Gasteiger charge is -2.14. The van der Waals surface area contributed by atoms with Crippen molar-refractivity contribution in [2.75, 3.05) is 4.90 Å². The maximum atomic E-state index is 12.5. The first kappa shape index (κ1) is 15.5. The fraction of sp³-hybridized carbons (Fsp3) is 0.0625. The Labute approximate surface area is 142 Å². The molecule has 0 radical (unpaired) electrons. The van der Waals surface area contributed by atoms with Crippen molar-refractivity contribution in [3.8, 4) is 0 Å². The maximum Gasteiger partial charge on any atom is 0.307 e. The van der Waals surface area contributed by atoms with Gasteiger partial charge in [-0.3, -0.25) is 14.5 Å². The zero-order valence-electron chi connectivity index (χ0n) is 11.9. The average Bonchev–Trinajstić information content (AvgIpc) is 3.09. The third-order valence-corrected chi connectivity index (χ3v) is 4.55. The largest absolute Gasteiger partial charge is 0.481 e. The highest BCUT2D eigenvalue weighted by molar-refractivity contribution is 8.27. The lowest BCUT2D eigenvalue weighted by Crippen LogP contribution is -2.27. The summed E-state index contributed by atoms with van der Waals surface area (Å²) in [5.41, 5.74) is 2.15. The number of carboxylic acids is 1. The first-order valence-corrected chi connectivity index (χ1v) is 7.99. The van der Waals surface area contributed by atoms with Crippen LogP contribution in [0.1, 0.15) is 11.3 Å². The van der Waals surface area contributed by atoms with Crippen LogP contribution in [-0.4, -0.2) is 26.3 Å². The van der Waals surface area contributed by atoms with E-state index in [0.717, 1.165) is 5.69 Å². The van der Waals surface area contributed by atoms with E-state index in [1.165, 1.54) is 16.7 Å². The van der Waals surface area contributed by atoms with Gasteiger partial charge < -0.3 is 10.1 Å². The molecule has 3 rings (SSSR count). The van der Waals surface area contributed by atoms with E-state index in [0.29, 0.717) is 20.5 Å². The summed E-state index contributed by atoms with van der Waals surface area (Å²) in [6.45, 7) is 0. The molecule has 7 heteroatoms. The van der Waals surface area contributed by atoms with Crippen molar-refractivity contribution in [1.29, 1.82) is 0 Å². The summed E-state index contributed by atoms with van der Waals surface area (Å²) in [4.78, 5) is 28.3. The number of carboxylic acid groups (broad SMARTS) is 1. The van der Waals surface area contributed by atoms with Crippen LogP contribution in [0.15, 0.2) is 47.5 Å². The van der Waals surface area contributed by atoms with E-state index in [-0.39, 0.29) is 12.3 Å². The standard InChI is InChI=1S/C16H12N2O3S2/c19-14(20)8-10-3-5-12(6-4-10)18-15(21)13(23-16(18)22)9-11-2-1-7-17-11/h1-7,9,17H,8H2,(H,19,20)/b13-9-. The third kappa shape index (κ3) is 3.35. The second-order valence-corrected chi connectivity index (χ2v) is 6.56. The van der Waals surface area contributed by atoms with E-state index in [2.05, 4.69) is 4.98 Å². The Hall–Kier alpha value is -2.38. The van der Waals surface area contributed by atoms with E-state index >= 15 is 0 Å². The summed E-state index contributed by atoms with van der Waals surface area (Å²) >= 11 is 6.54. The van der Waals surface area contributed by atoms with Crippen LogP contribution < -0.4 is 4.90 Å². The molecule has 1 aliphatic rings. The van der Waals surface area contributed by atoms with E-state index in [1.807, 2.05) is 12.1 Å². The molecule has 2 aromatic rings. The van der Waals surface area contributed by atoms with Crippen molar-refractivity contribution in [3.63, 3.8) is 0 Å². The van der Waals surface area contributed by atoms with E-state index in [4.69, 9.17) is 17.3 Å². The number of nitrogens with zero attached hydrogens (tertiary/aromatic N) is 1. The molecule has 116 valence electrons. The highest BCUT2D eigenvalue weighted by Crippen LogP contribution is 2.35. The molecule has 1 aliphatic heterocycles. The number of anilines is 1. The number of aromatic amines is 1. The minimum absolute atomic E-state index is 0.0502. The molecular weight excluding hydrogens is 332 g/mol. The van der Waals surface area contributed by atoms with Crippen molar-refractivity contribution in [2.45, 2.75) is 6.42 Å². The van der Waals surface area contributed by atoms with Gasteiger partial charge in [0.25, 0.3) is 5.91 Å². The number of nitrogens with one attached hydrogen (secondary N) is 1. The van der Waals surface area contributed by atoms with Crippen molar-refractivity contribution >= 4 is 51.9 Å². The van der Waals surface area contributed by atoms with E-state index < -0.39 is 5.97 Å². The molecule has 1 amide bonds. The van der Waals surface area contributed by atoms with E-state index in [9.17, 15) is 9.59 Å². The number of amides is 1. The monoisotopic (exact) mass is 344 g/mol. The molecule has 2 N–H and O–H groups in total. The summed E-state index contributed by atoms with van der Waals surface area (Å²) in [6, 6.07) is 10.5. The number of H-pyrrole nitrogens is 1. The van der Waals surface area contributed by atoms with Crippen LogP contribution in [0.4, 0.5) is 5.69 Å². The second-order valence-electron chi connectivity index (χ2n) is 4.88. The number of thioether (sulfide) groups is 1. The number of hydrogen-bond donors (Lipinski definition) is 2. The molecule has 0 bridgehead atoms. The van der Waals surface area contributed by atoms with E-state index in [1.54, 1.807) is 36.5 Å². The lowest BCUT2D eigenvalue weighted by molar-refractivity contribution is -0.136. The van der Waals surface area contributed by atoms with Crippen molar-refractivity contribution < 1.29 is 14.7 Å². The molecule has 0 saturated carbocycles. The Bertz CT molecular complexity index is 795. The van der Waals surface area contributed by atoms with Gasteiger partial charge >= 0.3 is 5.97 Å². The number of aromatic nitrogens is 1. The molecule has 1 aromatic carbocycles. The van der Waals surface area contributed by atoms with Gasteiger partial charge in [0, 0.05) is 11.9 Å². The summed E-state index contributed by atoms with van der Waals surface area (Å²) in [6.07, 6.45) is 3.50. The van der Waals surface area contributed by atoms with Crippen LogP contribution in [0, 0.1) is 0 Å². The van der Waals surface area contributed by atoms with Crippen molar-refractivity contribution in [3.05, 3.63) is 58.8 Å². The molecular formula is C16H12N2O3S2. The molecule has 1 aromatic heterocycles. The lowest BCUT2D eigenvalue weighted by atomic mass is 10.1. The van der Waals surface area contributed by atoms with Crippen LogP contribution in [0.25, 0.3) is 6.08 Å². The molecule has 5 nitrogen and oxygen atoms in total. The number of rotatable bonds is 4. The zero-order chi connectivity index (χ0) is 16.4. The molecule has 23 heavy (non-hydrogen) atoms. The van der Waals surface area contributed by atoms with Gasteiger partial charge in [-0.05, 0) is 35.9 Å². The molecule has 0 unspecified atom stereocenters. The summed E-state index contributed by atoms with van der Waals surface area (Å²) in [5, 5.41) is 8.79. The molecule has 0 spiro atoms. The highest BCUT2D eigenvalue weighted by Gasteiger charge is 2.33. The highest BCUT2D eigenvalue weighted by atomic mass is 32.2. The minimum atomic E-state index is -0.891. The Morgan fingerprint density at radius 1 is 1.30 bits per heavy atom. The number of benzene rings is 1. The average molecular weight is 344 g/mol. The van der Waals surface area contributed by atoms with Crippen LogP contribution in [0.2, 0.25) is 0 Å². The quantitative estimate of drug-likeness (QED) is 0.659. The van der Waals surface area contributed by atoms with Gasteiger partial charge in [-0.2, -0.15) is 0 Å². The predicted octanol–water partition coefficient (Wildman–Crippen LogP) is 3.05. The number of hydrogen-bond acceptors (Lipinski definition) is 4. The molecule has 0 atom stereocenters. The van der Waals surface area contributed by atoms with Gasteiger partial charge in [0.2, 0.25) is 0 Å². The smallest absolute Gasteiger partial charge is 0.307 e. The SMILES string of the molecule is O=C(O)Cc1ccc(N2C(=O)/C(=C/c3ccc[nH]3)SC2=S)cc1. The van der Waals surface area contributed by atoms with Gasteiger partial charge in [-0.25, -0.2) is 0 Å². The van der Waals surface area contributed by atoms with Crippen LogP contribution in [0.5, 0.6) is 0 Å². The molecule has 1 saturated heterocycles. The van der Waals surface area contributed by atoms with Crippen molar-refractivity contribution in [2.24, 2.45) is 0 Å². The molecule has 2 heterocycles. The fourth-order valence-corrected chi connectivity index (χ4v) is 3.49. The number of carbonyl (C=O) groups is 2. The fourth-order valence-electron chi connectivity index (χ4n) is 2.20. The zero-order valence-corrected chi connectivity index (χ0v) is 13.5. The summed E-state index contributed by atoms with van der Waals surface area (Å²) in [5.74, 6) is -1.07. The van der Waals surface area contributed by atoms with Crippen LogP contribution in [0.3, 0.4) is 0 Å². The van der Waals surface area contributed by atoms with Crippen LogP contribution >= 0.6 is 24.0 Å². The normalized spacial score (nSPS) is 16.3.